The minimum atomic E-state index is -0.322. The van der Waals surface area contributed by atoms with Gasteiger partial charge < -0.3 is 5.32 Å². The van der Waals surface area contributed by atoms with Crippen LogP contribution in [0.5, 0.6) is 0 Å². The van der Waals surface area contributed by atoms with E-state index in [9.17, 15) is 9.59 Å². The van der Waals surface area contributed by atoms with Crippen LogP contribution >= 0.6 is 0 Å². The van der Waals surface area contributed by atoms with Crippen molar-refractivity contribution in [3.8, 4) is 0 Å². The monoisotopic (exact) mass is 310 g/mol. The first-order valence-electron chi connectivity index (χ1n) is 7.66. The van der Waals surface area contributed by atoms with E-state index < -0.39 is 0 Å². The number of Topliss-reactive ketones (excluding diaryl/α,β-unsaturated/α-hetero) is 1. The maximum atomic E-state index is 12.2. The van der Waals surface area contributed by atoms with Gasteiger partial charge in [-0.05, 0) is 44.0 Å². The van der Waals surface area contributed by atoms with Crippen LogP contribution < -0.4 is 5.32 Å². The predicted molar refractivity (Wildman–Crippen MR) is 90.3 cm³/mol. The standard InChI is InChI=1S/C19H22N2O2/c1-19(2,3)21-18(23)17-13-15(9-10-20-17)12-16(22)11-14-7-5-4-6-8-14/h4-10,13H,11-12H2,1-3H3,(H,21,23). The minimum Gasteiger partial charge on any atom is -0.346 e. The second kappa shape index (κ2) is 7.18. The van der Waals surface area contributed by atoms with Crippen molar-refractivity contribution < 1.29 is 9.59 Å². The van der Waals surface area contributed by atoms with Gasteiger partial charge >= 0.3 is 0 Å². The zero-order valence-electron chi connectivity index (χ0n) is 13.8. The summed E-state index contributed by atoms with van der Waals surface area (Å²) in [5, 5.41) is 2.87. The first kappa shape index (κ1) is 16.9. The molecule has 0 aliphatic rings. The second-order valence-electron chi connectivity index (χ2n) is 6.63. The summed E-state index contributed by atoms with van der Waals surface area (Å²) in [6.45, 7) is 5.74. The highest BCUT2D eigenvalue weighted by Crippen LogP contribution is 2.08. The van der Waals surface area contributed by atoms with Crippen LogP contribution in [0.15, 0.2) is 48.7 Å². The molecule has 4 heteroatoms. The van der Waals surface area contributed by atoms with E-state index in [0.29, 0.717) is 18.5 Å². The Labute approximate surface area is 137 Å². The number of nitrogens with one attached hydrogen (secondary N) is 1. The lowest BCUT2D eigenvalue weighted by atomic mass is 10.0. The molecule has 0 atom stereocenters. The maximum absolute atomic E-state index is 12.2. The van der Waals surface area contributed by atoms with Crippen LogP contribution in [-0.2, 0) is 17.6 Å². The van der Waals surface area contributed by atoms with Gasteiger partial charge in [0.25, 0.3) is 5.91 Å². The van der Waals surface area contributed by atoms with Gasteiger partial charge in [0.15, 0.2) is 0 Å². The van der Waals surface area contributed by atoms with Crippen LogP contribution in [0.2, 0.25) is 0 Å². The van der Waals surface area contributed by atoms with Gasteiger partial charge in [-0.2, -0.15) is 0 Å². The Morgan fingerprint density at radius 2 is 1.65 bits per heavy atom. The van der Waals surface area contributed by atoms with Gasteiger partial charge in [0.05, 0.1) is 0 Å². The molecule has 0 bridgehead atoms. The number of aromatic nitrogens is 1. The van der Waals surface area contributed by atoms with E-state index in [1.165, 1.54) is 0 Å². The topological polar surface area (TPSA) is 59.1 Å². The minimum absolute atomic E-state index is 0.115. The van der Waals surface area contributed by atoms with Crippen LogP contribution in [0.25, 0.3) is 0 Å². The third-order valence-corrected chi connectivity index (χ3v) is 3.19. The van der Waals surface area contributed by atoms with E-state index in [1.54, 1.807) is 18.3 Å². The van der Waals surface area contributed by atoms with Gasteiger partial charge in [-0.1, -0.05) is 30.3 Å². The largest absolute Gasteiger partial charge is 0.346 e. The SMILES string of the molecule is CC(C)(C)NC(=O)c1cc(CC(=O)Cc2ccccc2)ccn1. The molecule has 2 aromatic rings. The predicted octanol–water partition coefficient (Wildman–Crippen LogP) is 2.96. The van der Waals surface area contributed by atoms with Gasteiger partial charge in [-0.15, -0.1) is 0 Å². The summed E-state index contributed by atoms with van der Waals surface area (Å²) in [5.41, 5.74) is 1.82. The summed E-state index contributed by atoms with van der Waals surface area (Å²) < 4.78 is 0. The first-order chi connectivity index (χ1) is 10.8. The summed E-state index contributed by atoms with van der Waals surface area (Å²) in [4.78, 5) is 28.4. The summed E-state index contributed by atoms with van der Waals surface area (Å²) >= 11 is 0. The molecular formula is C19H22N2O2. The van der Waals surface area contributed by atoms with Crippen LogP contribution in [0.4, 0.5) is 0 Å². The molecule has 0 saturated carbocycles. The number of hydrogen-bond donors (Lipinski definition) is 1. The third kappa shape index (κ3) is 5.66. The molecular weight excluding hydrogens is 288 g/mol. The van der Waals surface area contributed by atoms with E-state index in [0.717, 1.165) is 11.1 Å². The molecule has 23 heavy (non-hydrogen) atoms. The van der Waals surface area contributed by atoms with Crippen molar-refractivity contribution in [1.29, 1.82) is 0 Å². The molecule has 0 spiro atoms. The maximum Gasteiger partial charge on any atom is 0.270 e. The van der Waals surface area contributed by atoms with Crippen LogP contribution in [-0.4, -0.2) is 22.2 Å². The lowest BCUT2D eigenvalue weighted by Gasteiger charge is -2.20. The van der Waals surface area contributed by atoms with E-state index in [2.05, 4.69) is 10.3 Å². The highest BCUT2D eigenvalue weighted by Gasteiger charge is 2.16. The van der Waals surface area contributed by atoms with Crippen molar-refractivity contribution >= 4 is 11.7 Å². The van der Waals surface area contributed by atoms with Crippen LogP contribution in [0, 0.1) is 0 Å². The Kier molecular flexibility index (Phi) is 5.27. The smallest absolute Gasteiger partial charge is 0.270 e. The van der Waals surface area contributed by atoms with Gasteiger partial charge in [-0.25, -0.2) is 0 Å². The molecule has 1 aromatic carbocycles. The molecule has 0 saturated heterocycles. The third-order valence-electron chi connectivity index (χ3n) is 3.19. The number of amides is 1. The average Bonchev–Trinajstić information content (AvgIpc) is 2.46. The molecule has 1 amide bonds. The van der Waals surface area contributed by atoms with Crippen LogP contribution in [0.3, 0.4) is 0 Å². The lowest BCUT2D eigenvalue weighted by molar-refractivity contribution is -0.117. The molecule has 2 rings (SSSR count). The zero-order chi connectivity index (χ0) is 16.9. The van der Waals surface area contributed by atoms with E-state index in [1.807, 2.05) is 51.1 Å². The molecule has 1 heterocycles. The first-order valence-corrected chi connectivity index (χ1v) is 7.66. The molecule has 1 aromatic heterocycles. The Hall–Kier alpha value is -2.49. The van der Waals surface area contributed by atoms with Crippen molar-refractivity contribution in [2.24, 2.45) is 0 Å². The summed E-state index contributed by atoms with van der Waals surface area (Å²) in [6, 6.07) is 13.1. The van der Waals surface area contributed by atoms with Gasteiger partial charge in [0, 0.05) is 24.6 Å². The van der Waals surface area contributed by atoms with E-state index in [-0.39, 0.29) is 17.2 Å². The van der Waals surface area contributed by atoms with E-state index >= 15 is 0 Å². The summed E-state index contributed by atoms with van der Waals surface area (Å²) in [5.74, 6) is -0.112. The van der Waals surface area contributed by atoms with Crippen molar-refractivity contribution in [2.75, 3.05) is 0 Å². The Morgan fingerprint density at radius 1 is 1.00 bits per heavy atom. The average molecular weight is 310 g/mol. The molecule has 1 N–H and O–H groups in total. The van der Waals surface area contributed by atoms with E-state index in [4.69, 9.17) is 0 Å². The number of carbonyl (C=O) groups excluding carboxylic acids is 2. The summed E-state index contributed by atoms with van der Waals surface area (Å²) in [7, 11) is 0. The molecule has 0 aliphatic carbocycles. The Morgan fingerprint density at radius 3 is 2.30 bits per heavy atom. The Bertz CT molecular complexity index is 688. The number of rotatable bonds is 5. The number of nitrogens with zero attached hydrogens (tertiary/aromatic N) is 1. The second-order valence-corrected chi connectivity index (χ2v) is 6.63. The Balaban J connectivity index is 2.02. The fourth-order valence-corrected chi connectivity index (χ4v) is 2.23. The molecule has 120 valence electrons. The summed E-state index contributed by atoms with van der Waals surface area (Å²) in [6.07, 6.45) is 2.27. The number of hydrogen-bond acceptors (Lipinski definition) is 3. The number of ketones is 1. The quantitative estimate of drug-likeness (QED) is 0.923. The van der Waals surface area contributed by atoms with Crippen molar-refractivity contribution in [3.63, 3.8) is 0 Å². The van der Waals surface area contributed by atoms with Crippen molar-refractivity contribution in [1.82, 2.24) is 10.3 Å². The molecule has 0 unspecified atom stereocenters. The van der Waals surface area contributed by atoms with Gasteiger partial charge in [-0.3, -0.25) is 14.6 Å². The normalized spacial score (nSPS) is 11.1. The highest BCUT2D eigenvalue weighted by atomic mass is 16.2. The zero-order valence-corrected chi connectivity index (χ0v) is 13.8. The van der Waals surface area contributed by atoms with Gasteiger partial charge in [0.2, 0.25) is 0 Å². The van der Waals surface area contributed by atoms with Crippen molar-refractivity contribution in [3.05, 3.63) is 65.5 Å². The van der Waals surface area contributed by atoms with Crippen LogP contribution in [0.1, 0.15) is 42.4 Å². The van der Waals surface area contributed by atoms with Gasteiger partial charge in [0.1, 0.15) is 11.5 Å². The number of carbonyl (C=O) groups is 2. The molecule has 0 radical (unpaired) electrons. The van der Waals surface area contributed by atoms with Crippen molar-refractivity contribution in [2.45, 2.75) is 39.2 Å². The fraction of sp³-hybridized carbons (Fsp3) is 0.316. The highest BCUT2D eigenvalue weighted by molar-refractivity contribution is 5.93. The fourth-order valence-electron chi connectivity index (χ4n) is 2.23. The molecule has 0 aliphatic heterocycles. The molecule has 4 nitrogen and oxygen atoms in total. The lowest BCUT2D eigenvalue weighted by Crippen LogP contribution is -2.40. The molecule has 0 fully saturated rings. The number of pyridine rings is 1. The number of benzene rings is 1.